The Labute approximate surface area is 107 Å². The maximum atomic E-state index is 12.7. The van der Waals surface area contributed by atoms with Crippen LogP contribution in [-0.4, -0.2) is 39.0 Å². The van der Waals surface area contributed by atoms with Crippen LogP contribution in [0.4, 0.5) is 0 Å². The highest BCUT2D eigenvalue weighted by molar-refractivity contribution is 5.86. The summed E-state index contributed by atoms with van der Waals surface area (Å²) in [6, 6.07) is 0. The maximum Gasteiger partial charge on any atom is 0.243 e. The molecule has 2 aliphatic heterocycles. The van der Waals surface area contributed by atoms with Crippen LogP contribution in [0.3, 0.4) is 0 Å². The average molecular weight is 248 g/mol. The number of imidazole rings is 1. The summed E-state index contributed by atoms with van der Waals surface area (Å²) in [7, 11) is 0. The molecular weight excluding hydrogens is 228 g/mol. The predicted octanol–water partition coefficient (Wildman–Crippen LogP) is 0.757. The van der Waals surface area contributed by atoms with Crippen molar-refractivity contribution >= 4 is 5.91 Å². The van der Waals surface area contributed by atoms with Crippen LogP contribution in [0, 0.1) is 0 Å². The first-order valence-corrected chi connectivity index (χ1v) is 6.79. The van der Waals surface area contributed by atoms with E-state index in [2.05, 4.69) is 21.8 Å². The number of carbonyl (C=O) groups excluding carboxylic acids is 1. The number of carbonyl (C=O) groups is 1. The summed E-state index contributed by atoms with van der Waals surface area (Å²) in [6.07, 6.45) is 6.74. The molecule has 0 spiro atoms. The smallest absolute Gasteiger partial charge is 0.243 e. The largest absolute Gasteiger partial charge is 0.332 e. The number of hydrogen-bond donors (Lipinski definition) is 1. The summed E-state index contributed by atoms with van der Waals surface area (Å²) in [5.41, 5.74) is -0.311. The Hall–Kier alpha value is -1.36. The molecule has 0 bridgehead atoms. The van der Waals surface area contributed by atoms with Crippen molar-refractivity contribution in [1.82, 2.24) is 19.8 Å². The third-order valence-electron chi connectivity index (χ3n) is 4.29. The van der Waals surface area contributed by atoms with Crippen LogP contribution in [0.25, 0.3) is 0 Å². The van der Waals surface area contributed by atoms with Gasteiger partial charge in [0.05, 0.1) is 12.1 Å². The van der Waals surface area contributed by atoms with E-state index >= 15 is 0 Å². The zero-order chi connectivity index (χ0) is 12.6. The molecule has 3 heterocycles. The van der Waals surface area contributed by atoms with Crippen molar-refractivity contribution in [1.29, 1.82) is 0 Å². The van der Waals surface area contributed by atoms with Crippen LogP contribution in [0.5, 0.6) is 0 Å². The standard InChI is InChI=1S/C13H20N4O/c1-2-13(4-3-5-15-13)12(18)17-9-8-16-7-6-14-11(16)10-17/h6-7,15H,2-5,8-10H2,1H3. The predicted molar refractivity (Wildman–Crippen MR) is 67.9 cm³/mol. The molecule has 18 heavy (non-hydrogen) atoms. The molecule has 3 rings (SSSR count). The van der Waals surface area contributed by atoms with Crippen molar-refractivity contribution in [3.8, 4) is 0 Å². The Morgan fingerprint density at radius 2 is 2.44 bits per heavy atom. The van der Waals surface area contributed by atoms with Gasteiger partial charge in [0.15, 0.2) is 0 Å². The topological polar surface area (TPSA) is 50.2 Å². The molecule has 0 aliphatic carbocycles. The van der Waals surface area contributed by atoms with Crippen molar-refractivity contribution in [3.63, 3.8) is 0 Å². The molecule has 1 N–H and O–H groups in total. The molecule has 1 saturated heterocycles. The number of fused-ring (bicyclic) bond motifs is 1. The summed E-state index contributed by atoms with van der Waals surface area (Å²) in [4.78, 5) is 19.0. The minimum atomic E-state index is -0.311. The van der Waals surface area contributed by atoms with Gasteiger partial charge in [0.2, 0.25) is 5.91 Å². The lowest BCUT2D eigenvalue weighted by molar-refractivity contribution is -0.139. The van der Waals surface area contributed by atoms with Crippen molar-refractivity contribution in [2.24, 2.45) is 0 Å². The van der Waals surface area contributed by atoms with Crippen LogP contribution in [0.15, 0.2) is 12.4 Å². The Bertz CT molecular complexity index is 448. The molecule has 0 saturated carbocycles. The first-order valence-electron chi connectivity index (χ1n) is 6.79. The summed E-state index contributed by atoms with van der Waals surface area (Å²) < 4.78 is 2.13. The molecule has 1 fully saturated rings. The van der Waals surface area contributed by atoms with Gasteiger partial charge in [0, 0.05) is 25.5 Å². The Kier molecular flexibility index (Phi) is 2.86. The van der Waals surface area contributed by atoms with Crippen LogP contribution in [0.1, 0.15) is 32.0 Å². The molecule has 0 aromatic carbocycles. The van der Waals surface area contributed by atoms with E-state index < -0.39 is 0 Å². The molecule has 5 nitrogen and oxygen atoms in total. The van der Waals surface area contributed by atoms with Crippen molar-refractivity contribution in [2.45, 2.75) is 44.8 Å². The van der Waals surface area contributed by atoms with Crippen molar-refractivity contribution in [2.75, 3.05) is 13.1 Å². The van der Waals surface area contributed by atoms with Crippen LogP contribution >= 0.6 is 0 Å². The Balaban J connectivity index is 1.78. The third kappa shape index (κ3) is 1.73. The van der Waals surface area contributed by atoms with E-state index in [0.717, 1.165) is 44.7 Å². The second-order valence-corrected chi connectivity index (χ2v) is 5.23. The molecule has 0 radical (unpaired) electrons. The van der Waals surface area contributed by atoms with E-state index in [1.54, 1.807) is 0 Å². The minimum Gasteiger partial charge on any atom is -0.332 e. The summed E-state index contributed by atoms with van der Waals surface area (Å²) >= 11 is 0. The van der Waals surface area contributed by atoms with E-state index in [4.69, 9.17) is 0 Å². The molecule has 2 aliphatic rings. The molecule has 1 amide bonds. The van der Waals surface area contributed by atoms with Crippen LogP contribution in [-0.2, 0) is 17.9 Å². The average Bonchev–Trinajstić information content (AvgIpc) is 3.06. The first-order chi connectivity index (χ1) is 8.75. The fourth-order valence-electron chi connectivity index (χ4n) is 3.09. The molecule has 1 aromatic heterocycles. The lowest BCUT2D eigenvalue weighted by Gasteiger charge is -2.36. The van der Waals surface area contributed by atoms with E-state index in [1.165, 1.54) is 0 Å². The van der Waals surface area contributed by atoms with Gasteiger partial charge in [-0.3, -0.25) is 4.79 Å². The molecule has 1 aromatic rings. The lowest BCUT2D eigenvalue weighted by atomic mass is 9.92. The first kappa shape index (κ1) is 11.7. The number of rotatable bonds is 2. The van der Waals surface area contributed by atoms with E-state index in [0.29, 0.717) is 6.54 Å². The molecule has 1 unspecified atom stereocenters. The highest BCUT2D eigenvalue weighted by Gasteiger charge is 2.42. The van der Waals surface area contributed by atoms with Gasteiger partial charge >= 0.3 is 0 Å². The van der Waals surface area contributed by atoms with E-state index in [-0.39, 0.29) is 11.4 Å². The van der Waals surface area contributed by atoms with Crippen molar-refractivity contribution in [3.05, 3.63) is 18.2 Å². The fraction of sp³-hybridized carbons (Fsp3) is 0.692. The van der Waals surface area contributed by atoms with Gasteiger partial charge in [-0.2, -0.15) is 0 Å². The van der Waals surface area contributed by atoms with Gasteiger partial charge in [-0.25, -0.2) is 4.98 Å². The normalized spacial score (nSPS) is 27.3. The molecule has 98 valence electrons. The van der Waals surface area contributed by atoms with E-state index in [9.17, 15) is 4.79 Å². The van der Waals surface area contributed by atoms with Crippen LogP contribution < -0.4 is 5.32 Å². The SMILES string of the molecule is CCC1(C(=O)N2CCn3ccnc3C2)CCCN1. The Morgan fingerprint density at radius 1 is 1.56 bits per heavy atom. The number of nitrogens with one attached hydrogen (secondary N) is 1. The third-order valence-corrected chi connectivity index (χ3v) is 4.29. The van der Waals surface area contributed by atoms with Crippen LogP contribution in [0.2, 0.25) is 0 Å². The quantitative estimate of drug-likeness (QED) is 0.840. The van der Waals surface area contributed by atoms with Gasteiger partial charge in [-0.05, 0) is 25.8 Å². The fourth-order valence-corrected chi connectivity index (χ4v) is 3.09. The number of aromatic nitrogens is 2. The number of amides is 1. The van der Waals surface area contributed by atoms with Crippen molar-refractivity contribution < 1.29 is 4.79 Å². The second-order valence-electron chi connectivity index (χ2n) is 5.23. The number of hydrogen-bond acceptors (Lipinski definition) is 3. The summed E-state index contributed by atoms with van der Waals surface area (Å²) in [5, 5.41) is 3.42. The highest BCUT2D eigenvalue weighted by atomic mass is 16.2. The van der Waals surface area contributed by atoms with Gasteiger partial charge in [-0.15, -0.1) is 0 Å². The molecule has 5 heteroatoms. The summed E-state index contributed by atoms with van der Waals surface area (Å²) in [5.74, 6) is 1.26. The van der Waals surface area contributed by atoms with Gasteiger partial charge in [-0.1, -0.05) is 6.92 Å². The maximum absolute atomic E-state index is 12.7. The molecule has 1 atom stereocenters. The zero-order valence-electron chi connectivity index (χ0n) is 10.9. The summed E-state index contributed by atoms with van der Waals surface area (Å²) in [6.45, 7) is 5.37. The minimum absolute atomic E-state index is 0.261. The van der Waals surface area contributed by atoms with Gasteiger partial charge in [0.25, 0.3) is 0 Å². The monoisotopic (exact) mass is 248 g/mol. The van der Waals surface area contributed by atoms with Gasteiger partial charge in [0.1, 0.15) is 5.82 Å². The lowest BCUT2D eigenvalue weighted by Crippen LogP contribution is -2.55. The zero-order valence-corrected chi connectivity index (χ0v) is 10.9. The second kappa shape index (κ2) is 4.39. The van der Waals surface area contributed by atoms with Gasteiger partial charge < -0.3 is 14.8 Å². The molecular formula is C13H20N4O. The Morgan fingerprint density at radius 3 is 3.17 bits per heavy atom. The van der Waals surface area contributed by atoms with E-state index in [1.807, 2.05) is 17.3 Å². The number of nitrogens with zero attached hydrogens (tertiary/aromatic N) is 3. The highest BCUT2D eigenvalue weighted by Crippen LogP contribution is 2.27.